The van der Waals surface area contributed by atoms with Crippen LogP contribution in [-0.2, 0) is 0 Å². The molecule has 0 rings (SSSR count). The summed E-state index contributed by atoms with van der Waals surface area (Å²) < 4.78 is 0. The minimum absolute atomic E-state index is 0. The van der Waals surface area contributed by atoms with Crippen LogP contribution in [0, 0.1) is 22.2 Å². The molecule has 0 atom stereocenters. The Hall–Kier alpha value is 0.585. The summed E-state index contributed by atoms with van der Waals surface area (Å²) in [6.07, 6.45) is 0. The van der Waals surface area contributed by atoms with Crippen molar-refractivity contribution in [1.82, 2.24) is 0 Å². The number of hydrogen-bond donors (Lipinski definition) is 0. The van der Waals surface area contributed by atoms with Crippen molar-refractivity contribution in [3.63, 3.8) is 0 Å². The predicted molar refractivity (Wildman–Crippen MR) is 105 cm³/mol. The Balaban J connectivity index is 0. The van der Waals surface area contributed by atoms with Crippen LogP contribution in [0.15, 0.2) is 0 Å². The van der Waals surface area contributed by atoms with E-state index in [1.807, 2.05) is 0 Å². The molecule has 0 aromatic rings. The zero-order chi connectivity index (χ0) is 16.4. The normalized spacial score (nSPS) is 12.3. The van der Waals surface area contributed by atoms with Crippen LogP contribution in [0.3, 0.4) is 0 Å². The molecule has 0 unspecified atom stereocenters. The summed E-state index contributed by atoms with van der Waals surface area (Å²) in [5, 5.41) is 0.379. The van der Waals surface area contributed by atoms with Crippen molar-refractivity contribution in [3.05, 3.63) is 0 Å². The van der Waals surface area contributed by atoms with Gasteiger partial charge in [-0.15, -0.1) is 0 Å². The van der Waals surface area contributed by atoms with Gasteiger partial charge in [-0.05, 0) is 0 Å². The van der Waals surface area contributed by atoms with E-state index in [-0.39, 0.29) is 18.9 Å². The summed E-state index contributed by atoms with van der Waals surface area (Å²) in [6, 6.07) is 0. The van der Waals surface area contributed by atoms with Gasteiger partial charge in [-0.2, -0.15) is 19.4 Å². The fourth-order valence-corrected chi connectivity index (χ4v) is 11.9. The molecule has 0 aromatic carbocycles. The smallest absolute Gasteiger partial charge is 0.292 e. The molecule has 0 aromatic heterocycles. The molecule has 0 aliphatic carbocycles. The van der Waals surface area contributed by atoms with E-state index < -0.39 is 32.1 Å². The van der Waals surface area contributed by atoms with Crippen molar-refractivity contribution >= 4 is 32.1 Å². The van der Waals surface area contributed by atoms with Crippen LogP contribution in [0.4, 0.5) is 0 Å². The van der Waals surface area contributed by atoms with Crippen LogP contribution in [0.2, 0.25) is 57.4 Å². The molecule has 114 valence electrons. The average Bonchev–Trinajstić information content (AvgIpc) is 2.11. The Bertz CT molecular complexity index is 421. The first-order valence-corrected chi connectivity index (χ1v) is 20.0. The first-order valence-electron chi connectivity index (χ1n) is 7.50. The molecule has 0 fully saturated rings. The molecule has 0 radical (unpaired) electrons. The molecule has 0 aliphatic rings. The van der Waals surface area contributed by atoms with Gasteiger partial charge in [-0.1, -0.05) is 85.8 Å². The average molecular weight is 345 g/mol. The van der Waals surface area contributed by atoms with E-state index in [4.69, 9.17) is 0 Å². The zero-order valence-corrected chi connectivity index (χ0v) is 20.5. The van der Waals surface area contributed by atoms with Crippen molar-refractivity contribution < 1.29 is 18.9 Å². The Morgan fingerprint density at radius 2 is 0.952 bits per heavy atom. The van der Waals surface area contributed by atoms with Crippen LogP contribution < -0.4 is 18.9 Å². The fourth-order valence-electron chi connectivity index (χ4n) is 1.22. The molecule has 0 heterocycles. The summed E-state index contributed by atoms with van der Waals surface area (Å²) in [5.41, 5.74) is 14.6. The van der Waals surface area contributed by atoms with Gasteiger partial charge >= 0.3 is 18.9 Å². The first kappa shape index (κ1) is 23.8. The van der Waals surface area contributed by atoms with Gasteiger partial charge in [0.15, 0.2) is 0 Å². The van der Waals surface area contributed by atoms with Crippen molar-refractivity contribution in [3.8, 4) is 22.2 Å². The van der Waals surface area contributed by atoms with Crippen LogP contribution in [0.1, 0.15) is 20.8 Å². The second kappa shape index (κ2) is 7.91. The Labute approximate surface area is 150 Å². The van der Waals surface area contributed by atoms with E-state index in [1.54, 1.807) is 0 Å². The van der Waals surface area contributed by atoms with Gasteiger partial charge in [0, 0.05) is 0 Å². The fraction of sp³-hybridized carbons (Fsp3) is 0.750. The Morgan fingerprint density at radius 1 is 0.667 bits per heavy atom. The number of rotatable bonds is 1. The van der Waals surface area contributed by atoms with Crippen molar-refractivity contribution in [2.75, 3.05) is 0 Å². The van der Waals surface area contributed by atoms with E-state index in [0.29, 0.717) is 5.04 Å². The van der Waals surface area contributed by atoms with Gasteiger partial charge in [0.1, 0.15) is 16.1 Å². The van der Waals surface area contributed by atoms with Crippen LogP contribution in [-0.4, -0.2) is 32.1 Å². The van der Waals surface area contributed by atoms with Crippen molar-refractivity contribution in [2.24, 2.45) is 0 Å². The SMILES string of the molecule is CC(C)(C)[Si](C)(C)[Si-](C#C[Si](C)(C)C)C#C[Si](C)(C)C.[Li+]. The molecule has 0 amide bonds. The van der Waals surface area contributed by atoms with Crippen molar-refractivity contribution in [2.45, 2.75) is 78.2 Å². The minimum atomic E-state index is -1.43. The van der Waals surface area contributed by atoms with Crippen LogP contribution >= 0.6 is 0 Å². The van der Waals surface area contributed by atoms with Crippen LogP contribution in [0.25, 0.3) is 0 Å². The third-order valence-corrected chi connectivity index (χ3v) is 18.4. The maximum Gasteiger partial charge on any atom is 1.00 e. The topological polar surface area (TPSA) is 0 Å². The summed E-state index contributed by atoms with van der Waals surface area (Å²) in [7, 11) is -4.90. The molecule has 0 saturated carbocycles. The maximum absolute atomic E-state index is 3.70. The standard InChI is InChI=1S/C16H33Si4.Li/c1-16(2,3)20(10,11)17(12-14-18(4,5)6)13-15-19(7,8)9;/h1-11H3;/q-1;+1. The van der Waals surface area contributed by atoms with Gasteiger partial charge in [-0.3, -0.25) is 11.1 Å². The second-order valence-electron chi connectivity index (χ2n) is 9.25. The Morgan fingerprint density at radius 3 is 1.14 bits per heavy atom. The molecular weight excluding hydrogens is 311 g/mol. The van der Waals surface area contributed by atoms with E-state index in [0.717, 1.165) is 0 Å². The molecule has 0 N–H and O–H groups in total. The van der Waals surface area contributed by atoms with Gasteiger partial charge in [-0.25, -0.2) is 0 Å². The molecule has 21 heavy (non-hydrogen) atoms. The van der Waals surface area contributed by atoms with E-state index in [2.05, 4.69) is 95.3 Å². The maximum atomic E-state index is 3.70. The van der Waals surface area contributed by atoms with Gasteiger partial charge in [0.2, 0.25) is 0 Å². The van der Waals surface area contributed by atoms with Crippen LogP contribution in [0.5, 0.6) is 0 Å². The zero-order valence-electron chi connectivity index (χ0n) is 16.5. The second-order valence-corrected chi connectivity index (χ2v) is 30.0. The molecular formula is C16H33LiSi4. The molecule has 0 bridgehead atoms. The van der Waals surface area contributed by atoms with E-state index in [1.165, 1.54) is 0 Å². The van der Waals surface area contributed by atoms with E-state index >= 15 is 0 Å². The minimum Gasteiger partial charge on any atom is -0.292 e. The van der Waals surface area contributed by atoms with Gasteiger partial charge in [0.05, 0.1) is 0 Å². The third kappa shape index (κ3) is 9.34. The summed E-state index contributed by atoms with van der Waals surface area (Å²) in [4.78, 5) is 0. The first-order chi connectivity index (χ1) is 8.56. The summed E-state index contributed by atoms with van der Waals surface area (Å²) in [5.74, 6) is 0. The largest absolute Gasteiger partial charge is 1.00 e. The quantitative estimate of drug-likeness (QED) is 0.503. The summed E-state index contributed by atoms with van der Waals surface area (Å²) >= 11 is 0. The molecule has 0 aliphatic heterocycles. The predicted octanol–water partition coefficient (Wildman–Crippen LogP) is 1.91. The molecule has 5 heteroatoms. The summed E-state index contributed by atoms with van der Waals surface area (Å²) in [6.45, 7) is 26.1. The molecule has 0 nitrogen and oxygen atoms in total. The van der Waals surface area contributed by atoms with E-state index in [9.17, 15) is 0 Å². The van der Waals surface area contributed by atoms with Gasteiger partial charge < -0.3 is 0 Å². The third-order valence-electron chi connectivity index (χ3n) is 3.62. The number of hydrogen-bond acceptors (Lipinski definition) is 0. The molecule has 0 saturated heterocycles. The molecule has 0 spiro atoms. The monoisotopic (exact) mass is 344 g/mol. The van der Waals surface area contributed by atoms with Crippen molar-refractivity contribution in [1.29, 1.82) is 0 Å². The Kier molecular flexibility index (Phi) is 8.99. The van der Waals surface area contributed by atoms with Gasteiger partial charge in [0.25, 0.3) is 0 Å².